The molecule has 0 bridgehead atoms. The van der Waals surface area contributed by atoms with Crippen LogP contribution in [0.5, 0.6) is 0 Å². The lowest BCUT2D eigenvalue weighted by Gasteiger charge is -2.30. The maximum absolute atomic E-state index is 13.6. The maximum atomic E-state index is 13.6. The second kappa shape index (κ2) is 24.6. The van der Waals surface area contributed by atoms with Crippen LogP contribution in [0.15, 0.2) is 65.7 Å². The Hall–Kier alpha value is -5.72. The standard InChI is InChI=1S/C35H51N7O7.C2HF3O2/c1-22(2)19-27(28(43)20-30(45)38-18-17-24-11-7-5-8-12-24)39-33(47)31(23(3)4)42-32(46)26(15-16-29(44)41-34(36)37)40-35(48)49-21-25-13-9-6-10-14-25;3-2(4,5)1(6)7/h5-14,22-23,26-28,31,43H,15-21H2,1-4H3,(H,38,45)(H,39,47)(H,40,48)(H,42,46)(H4,36,37,41,44);(H,6,7)/t26-,27-,28-,31-;/m0./s1. The number of hydrogen-bond donors (Lipinski definition) is 8. The number of rotatable bonds is 19. The normalized spacial score (nSPS) is 13.1. The third-order valence-electron chi connectivity index (χ3n) is 7.70. The summed E-state index contributed by atoms with van der Waals surface area (Å²) in [5.74, 6) is -5.95. The predicted octanol–water partition coefficient (Wildman–Crippen LogP) is 2.28. The highest BCUT2D eigenvalue weighted by atomic mass is 19.4. The van der Waals surface area contributed by atoms with Crippen molar-refractivity contribution in [1.29, 1.82) is 0 Å². The van der Waals surface area contributed by atoms with Gasteiger partial charge < -0.3 is 47.7 Å². The first-order valence-electron chi connectivity index (χ1n) is 17.7. The summed E-state index contributed by atoms with van der Waals surface area (Å²) in [5.41, 5.74) is 12.4. The van der Waals surface area contributed by atoms with Crippen molar-refractivity contribution >= 4 is 41.7 Å². The van der Waals surface area contributed by atoms with E-state index < -0.39 is 72.1 Å². The van der Waals surface area contributed by atoms with Crippen molar-refractivity contribution in [2.75, 3.05) is 6.54 Å². The van der Waals surface area contributed by atoms with E-state index in [9.17, 15) is 42.3 Å². The molecule has 310 valence electrons. The molecule has 0 saturated carbocycles. The summed E-state index contributed by atoms with van der Waals surface area (Å²) < 4.78 is 37.0. The fraction of sp³-hybridized carbons (Fsp3) is 0.486. The van der Waals surface area contributed by atoms with Crippen molar-refractivity contribution in [2.45, 2.75) is 96.8 Å². The molecule has 16 nitrogen and oxygen atoms in total. The van der Waals surface area contributed by atoms with E-state index in [-0.39, 0.29) is 37.7 Å². The highest BCUT2D eigenvalue weighted by Gasteiger charge is 2.38. The van der Waals surface area contributed by atoms with Gasteiger partial charge in [0.05, 0.1) is 18.6 Å². The Labute approximate surface area is 323 Å². The van der Waals surface area contributed by atoms with E-state index in [0.29, 0.717) is 19.4 Å². The van der Waals surface area contributed by atoms with Crippen molar-refractivity contribution < 1.29 is 56.9 Å². The number of halogens is 3. The van der Waals surface area contributed by atoms with E-state index in [1.165, 1.54) is 0 Å². The van der Waals surface area contributed by atoms with E-state index in [2.05, 4.69) is 26.3 Å². The van der Waals surface area contributed by atoms with Crippen LogP contribution >= 0.6 is 0 Å². The number of nitrogens with one attached hydrogen (secondary N) is 4. The lowest BCUT2D eigenvalue weighted by Crippen LogP contribution is -2.58. The van der Waals surface area contributed by atoms with Crippen LogP contribution in [0.2, 0.25) is 0 Å². The molecule has 0 aliphatic rings. The van der Waals surface area contributed by atoms with Gasteiger partial charge in [-0.3, -0.25) is 19.2 Å². The Morgan fingerprint density at radius 1 is 0.839 bits per heavy atom. The number of aliphatic hydroxyl groups excluding tert-OH is 1. The molecule has 0 spiro atoms. The highest BCUT2D eigenvalue weighted by molar-refractivity contribution is 5.93. The number of amides is 5. The molecule has 4 atom stereocenters. The first-order valence-corrected chi connectivity index (χ1v) is 17.7. The quantitative estimate of drug-likeness (QED) is 0.0755. The molecule has 0 saturated heterocycles. The second-order valence-electron chi connectivity index (χ2n) is 13.4. The van der Waals surface area contributed by atoms with Gasteiger partial charge >= 0.3 is 18.2 Å². The molecule has 56 heavy (non-hydrogen) atoms. The minimum Gasteiger partial charge on any atom is -0.475 e. The summed E-state index contributed by atoms with van der Waals surface area (Å²) in [5, 5.41) is 28.9. The van der Waals surface area contributed by atoms with Crippen molar-refractivity contribution in [2.24, 2.45) is 28.3 Å². The van der Waals surface area contributed by atoms with Crippen LogP contribution in [0.25, 0.3) is 0 Å². The van der Waals surface area contributed by atoms with Crippen LogP contribution in [0.4, 0.5) is 18.0 Å². The average Bonchev–Trinajstić information content (AvgIpc) is 3.11. The van der Waals surface area contributed by atoms with Crippen molar-refractivity contribution in [3.8, 4) is 0 Å². The molecule has 5 amide bonds. The first-order chi connectivity index (χ1) is 26.2. The molecule has 10 N–H and O–H groups in total. The molecule has 0 aliphatic carbocycles. The van der Waals surface area contributed by atoms with E-state index in [4.69, 9.17) is 26.1 Å². The zero-order valence-corrected chi connectivity index (χ0v) is 31.7. The SMILES string of the molecule is CC(C)C[C@H](NC(=O)[C@@H](NC(=O)[C@H](CCC(=O)N=C(N)N)NC(=O)OCc1ccccc1)C(C)C)[C@@H](O)CC(=O)NCCc1ccccc1.O=C(O)C(F)(F)F. The Balaban J connectivity index is 0.00000203. The number of alkyl carbamates (subject to hydrolysis) is 1. The number of nitrogens with zero attached hydrogens (tertiary/aromatic N) is 1. The van der Waals surface area contributed by atoms with Gasteiger partial charge in [-0.05, 0) is 42.2 Å². The third-order valence-corrected chi connectivity index (χ3v) is 7.70. The first kappa shape index (κ1) is 48.3. The fourth-order valence-corrected chi connectivity index (χ4v) is 4.92. The zero-order chi connectivity index (χ0) is 42.4. The number of hydrogen-bond acceptors (Lipinski definition) is 8. The molecular formula is C37H52F3N7O9. The van der Waals surface area contributed by atoms with Gasteiger partial charge in [-0.2, -0.15) is 18.2 Å². The number of carbonyl (C=O) groups is 6. The predicted molar refractivity (Wildman–Crippen MR) is 199 cm³/mol. The molecular weight excluding hydrogens is 743 g/mol. The smallest absolute Gasteiger partial charge is 0.475 e. The number of guanidine groups is 1. The number of carboxylic acid groups (broad SMARTS) is 1. The lowest BCUT2D eigenvalue weighted by molar-refractivity contribution is -0.192. The highest BCUT2D eigenvalue weighted by Crippen LogP contribution is 2.14. The van der Waals surface area contributed by atoms with Gasteiger partial charge in [-0.25, -0.2) is 9.59 Å². The largest absolute Gasteiger partial charge is 0.490 e. The molecule has 2 aromatic rings. The topological polar surface area (TPSA) is 265 Å². The Morgan fingerprint density at radius 2 is 1.39 bits per heavy atom. The van der Waals surface area contributed by atoms with Gasteiger partial charge in [0.15, 0.2) is 5.96 Å². The number of aliphatic carboxylic acids is 1. The van der Waals surface area contributed by atoms with Gasteiger partial charge in [0.25, 0.3) is 0 Å². The monoisotopic (exact) mass is 795 g/mol. The number of nitrogens with two attached hydrogens (primary N) is 2. The molecule has 2 rings (SSSR count). The second-order valence-corrected chi connectivity index (χ2v) is 13.4. The van der Waals surface area contributed by atoms with Gasteiger partial charge in [0.1, 0.15) is 18.7 Å². The summed E-state index contributed by atoms with van der Waals surface area (Å²) in [6.45, 7) is 7.61. The number of alkyl halides is 3. The van der Waals surface area contributed by atoms with E-state index in [1.54, 1.807) is 38.1 Å². The van der Waals surface area contributed by atoms with Crippen LogP contribution in [0, 0.1) is 11.8 Å². The summed E-state index contributed by atoms with van der Waals surface area (Å²) in [4.78, 5) is 76.8. The fourth-order valence-electron chi connectivity index (χ4n) is 4.92. The number of aliphatic imine (C=N–C) groups is 1. The Morgan fingerprint density at radius 3 is 1.89 bits per heavy atom. The molecule has 0 heterocycles. The summed E-state index contributed by atoms with van der Waals surface area (Å²) in [6.07, 6.45) is -6.90. The van der Waals surface area contributed by atoms with E-state index >= 15 is 0 Å². The molecule has 0 unspecified atom stereocenters. The van der Waals surface area contributed by atoms with Crippen LogP contribution in [0.1, 0.15) is 64.5 Å². The summed E-state index contributed by atoms with van der Waals surface area (Å²) >= 11 is 0. The Kier molecular flexibility index (Phi) is 21.3. The average molecular weight is 796 g/mol. The number of benzene rings is 2. The van der Waals surface area contributed by atoms with Crippen LogP contribution in [-0.4, -0.2) is 88.8 Å². The molecule has 0 fully saturated rings. The number of ether oxygens (including phenoxy) is 1. The van der Waals surface area contributed by atoms with Gasteiger partial charge in [0, 0.05) is 13.0 Å². The van der Waals surface area contributed by atoms with Crippen molar-refractivity contribution in [1.82, 2.24) is 21.3 Å². The number of aliphatic hydroxyl groups is 1. The molecule has 0 radical (unpaired) electrons. The Bertz CT molecular complexity index is 1590. The number of carbonyl (C=O) groups excluding carboxylic acids is 5. The maximum Gasteiger partial charge on any atom is 0.490 e. The summed E-state index contributed by atoms with van der Waals surface area (Å²) in [6, 6.07) is 15.4. The van der Waals surface area contributed by atoms with Crippen molar-refractivity contribution in [3.63, 3.8) is 0 Å². The van der Waals surface area contributed by atoms with Crippen LogP contribution in [0.3, 0.4) is 0 Å². The molecule has 2 aromatic carbocycles. The van der Waals surface area contributed by atoms with Gasteiger partial charge in [0.2, 0.25) is 23.6 Å². The minimum absolute atomic E-state index is 0.0599. The van der Waals surface area contributed by atoms with Gasteiger partial charge in [-0.1, -0.05) is 88.4 Å². The van der Waals surface area contributed by atoms with Crippen LogP contribution < -0.4 is 32.7 Å². The third kappa shape index (κ3) is 20.7. The molecule has 0 aromatic heterocycles. The molecule has 19 heteroatoms. The lowest BCUT2D eigenvalue weighted by atomic mass is 9.95. The minimum atomic E-state index is -5.08. The summed E-state index contributed by atoms with van der Waals surface area (Å²) in [7, 11) is 0. The van der Waals surface area contributed by atoms with Crippen molar-refractivity contribution in [3.05, 3.63) is 71.8 Å². The molecule has 0 aliphatic heterocycles. The van der Waals surface area contributed by atoms with Gasteiger partial charge in [-0.15, -0.1) is 0 Å². The zero-order valence-electron chi connectivity index (χ0n) is 31.7. The van der Waals surface area contributed by atoms with Crippen LogP contribution in [-0.2, 0) is 41.7 Å². The number of carboxylic acids is 1. The van der Waals surface area contributed by atoms with E-state index in [1.807, 2.05) is 50.2 Å². The van der Waals surface area contributed by atoms with E-state index in [0.717, 1.165) is 11.1 Å².